The van der Waals surface area contributed by atoms with Crippen LogP contribution in [0.5, 0.6) is 0 Å². The Morgan fingerprint density at radius 1 is 1.22 bits per heavy atom. The van der Waals surface area contributed by atoms with Gasteiger partial charge in [0, 0.05) is 13.1 Å². The van der Waals surface area contributed by atoms with Gasteiger partial charge in [0.2, 0.25) is 5.91 Å². The van der Waals surface area contributed by atoms with Crippen molar-refractivity contribution in [3.63, 3.8) is 0 Å². The van der Waals surface area contributed by atoms with Crippen molar-refractivity contribution in [3.8, 4) is 0 Å². The Bertz CT molecular complexity index is 877. The Morgan fingerprint density at radius 3 is 2.83 bits per heavy atom. The number of carbonyl (C=O) groups is 1. The molecule has 1 aromatic heterocycles. The topological polar surface area (TPSA) is 46.9 Å². The highest BCUT2D eigenvalue weighted by molar-refractivity contribution is 5.91. The van der Waals surface area contributed by atoms with Gasteiger partial charge in [-0.3, -0.25) is 4.79 Å². The van der Waals surface area contributed by atoms with Crippen LogP contribution in [-0.2, 0) is 18.4 Å². The van der Waals surface area contributed by atoms with Crippen molar-refractivity contribution in [2.75, 3.05) is 0 Å². The van der Waals surface area contributed by atoms with E-state index in [1.807, 2.05) is 73.1 Å². The van der Waals surface area contributed by atoms with Crippen LogP contribution < -0.4 is 5.32 Å². The molecule has 0 aliphatic carbocycles. The third kappa shape index (κ3) is 3.48. The number of fused-ring (bicyclic) bond motifs is 1. The molecule has 116 valence electrons. The fraction of sp³-hybridized carbons (Fsp3) is 0.158. The summed E-state index contributed by atoms with van der Waals surface area (Å²) in [6, 6.07) is 16.0. The van der Waals surface area contributed by atoms with Crippen LogP contribution in [0.4, 0.5) is 0 Å². The Morgan fingerprint density at radius 2 is 2.04 bits per heavy atom. The zero-order valence-corrected chi connectivity index (χ0v) is 13.3. The lowest BCUT2D eigenvalue weighted by molar-refractivity contribution is -0.116. The minimum Gasteiger partial charge on any atom is -0.345 e. The van der Waals surface area contributed by atoms with E-state index in [4.69, 9.17) is 0 Å². The standard InChI is InChI=1S/C19H19N3O/c1-14-6-5-7-15(12-14)10-11-19(23)20-13-18-21-16-8-3-4-9-17(16)22(18)2/h3-12H,13H2,1-2H3,(H,20,23)/b11-10+. The fourth-order valence-electron chi connectivity index (χ4n) is 2.52. The van der Waals surface area contributed by atoms with Crippen LogP contribution in [0.25, 0.3) is 17.1 Å². The molecule has 0 saturated heterocycles. The number of rotatable bonds is 4. The minimum atomic E-state index is -0.126. The molecule has 4 nitrogen and oxygen atoms in total. The molecule has 0 aliphatic rings. The second kappa shape index (κ2) is 6.48. The molecule has 0 saturated carbocycles. The molecule has 0 radical (unpaired) electrons. The molecule has 0 spiro atoms. The Labute approximate surface area is 135 Å². The van der Waals surface area contributed by atoms with E-state index in [0.29, 0.717) is 6.54 Å². The maximum Gasteiger partial charge on any atom is 0.244 e. The zero-order chi connectivity index (χ0) is 16.2. The highest BCUT2D eigenvalue weighted by Crippen LogP contribution is 2.13. The van der Waals surface area contributed by atoms with E-state index in [1.165, 1.54) is 5.56 Å². The maximum absolute atomic E-state index is 12.0. The van der Waals surface area contributed by atoms with Crippen LogP contribution in [0.3, 0.4) is 0 Å². The molecular weight excluding hydrogens is 286 g/mol. The van der Waals surface area contributed by atoms with Gasteiger partial charge in [0.05, 0.1) is 17.6 Å². The van der Waals surface area contributed by atoms with E-state index < -0.39 is 0 Å². The van der Waals surface area contributed by atoms with Crippen LogP contribution in [0, 0.1) is 6.92 Å². The lowest BCUT2D eigenvalue weighted by Crippen LogP contribution is -2.22. The highest BCUT2D eigenvalue weighted by Gasteiger charge is 2.07. The first-order valence-corrected chi connectivity index (χ1v) is 7.56. The number of para-hydroxylation sites is 2. The van der Waals surface area contributed by atoms with Gasteiger partial charge in [-0.1, -0.05) is 42.0 Å². The number of carbonyl (C=O) groups excluding carboxylic acids is 1. The first-order chi connectivity index (χ1) is 11.1. The number of aromatic nitrogens is 2. The molecule has 1 amide bonds. The van der Waals surface area contributed by atoms with Gasteiger partial charge in [-0.05, 0) is 30.7 Å². The van der Waals surface area contributed by atoms with E-state index in [1.54, 1.807) is 6.08 Å². The van der Waals surface area contributed by atoms with E-state index in [0.717, 1.165) is 22.4 Å². The summed E-state index contributed by atoms with van der Waals surface area (Å²) in [5.74, 6) is 0.710. The quantitative estimate of drug-likeness (QED) is 0.752. The SMILES string of the molecule is Cc1cccc(/C=C/C(=O)NCc2nc3ccccc3n2C)c1. The van der Waals surface area contributed by atoms with Crippen molar-refractivity contribution < 1.29 is 4.79 Å². The predicted molar refractivity (Wildman–Crippen MR) is 92.8 cm³/mol. The van der Waals surface area contributed by atoms with Crippen molar-refractivity contribution in [2.24, 2.45) is 7.05 Å². The Hall–Kier alpha value is -2.88. The molecule has 0 atom stereocenters. The summed E-state index contributed by atoms with van der Waals surface area (Å²) >= 11 is 0. The van der Waals surface area contributed by atoms with Crippen molar-refractivity contribution in [1.82, 2.24) is 14.9 Å². The second-order valence-electron chi connectivity index (χ2n) is 5.54. The van der Waals surface area contributed by atoms with Crippen LogP contribution in [0.2, 0.25) is 0 Å². The molecule has 0 aliphatic heterocycles. The monoisotopic (exact) mass is 305 g/mol. The molecule has 3 aromatic rings. The average Bonchev–Trinajstić information content (AvgIpc) is 2.88. The van der Waals surface area contributed by atoms with Gasteiger partial charge >= 0.3 is 0 Å². The first-order valence-electron chi connectivity index (χ1n) is 7.56. The van der Waals surface area contributed by atoms with Crippen LogP contribution in [-0.4, -0.2) is 15.5 Å². The summed E-state index contributed by atoms with van der Waals surface area (Å²) in [5.41, 5.74) is 4.19. The van der Waals surface area contributed by atoms with E-state index in [-0.39, 0.29) is 5.91 Å². The Balaban J connectivity index is 1.65. The lowest BCUT2D eigenvalue weighted by atomic mass is 10.1. The highest BCUT2D eigenvalue weighted by atomic mass is 16.1. The lowest BCUT2D eigenvalue weighted by Gasteiger charge is -2.03. The van der Waals surface area contributed by atoms with Gasteiger partial charge in [0.1, 0.15) is 5.82 Å². The molecule has 1 heterocycles. The summed E-state index contributed by atoms with van der Waals surface area (Å²) in [5, 5.41) is 2.88. The van der Waals surface area contributed by atoms with E-state index in [2.05, 4.69) is 10.3 Å². The number of hydrogen-bond donors (Lipinski definition) is 1. The molecule has 2 aromatic carbocycles. The molecular formula is C19H19N3O. The van der Waals surface area contributed by atoms with Crippen LogP contribution in [0.15, 0.2) is 54.6 Å². The number of amides is 1. The fourth-order valence-corrected chi connectivity index (χ4v) is 2.52. The predicted octanol–water partition coefficient (Wildman–Crippen LogP) is 3.21. The van der Waals surface area contributed by atoms with Crippen LogP contribution >= 0.6 is 0 Å². The van der Waals surface area contributed by atoms with Gasteiger partial charge in [-0.15, -0.1) is 0 Å². The third-order valence-electron chi connectivity index (χ3n) is 3.77. The Kier molecular flexibility index (Phi) is 4.24. The number of hydrogen-bond acceptors (Lipinski definition) is 2. The largest absolute Gasteiger partial charge is 0.345 e. The van der Waals surface area contributed by atoms with Gasteiger partial charge in [-0.25, -0.2) is 4.98 Å². The van der Waals surface area contributed by atoms with Gasteiger partial charge in [0.25, 0.3) is 0 Å². The number of nitrogens with one attached hydrogen (secondary N) is 1. The zero-order valence-electron chi connectivity index (χ0n) is 13.3. The van der Waals surface area contributed by atoms with E-state index >= 15 is 0 Å². The summed E-state index contributed by atoms with van der Waals surface area (Å²) in [6.45, 7) is 2.44. The molecule has 0 fully saturated rings. The second-order valence-corrected chi connectivity index (χ2v) is 5.54. The summed E-state index contributed by atoms with van der Waals surface area (Å²) < 4.78 is 2.00. The number of nitrogens with zero attached hydrogens (tertiary/aromatic N) is 2. The smallest absolute Gasteiger partial charge is 0.244 e. The molecule has 4 heteroatoms. The van der Waals surface area contributed by atoms with Crippen LogP contribution in [0.1, 0.15) is 17.0 Å². The molecule has 23 heavy (non-hydrogen) atoms. The summed E-state index contributed by atoms with van der Waals surface area (Å²) in [6.07, 6.45) is 3.37. The maximum atomic E-state index is 12.0. The molecule has 0 bridgehead atoms. The van der Waals surface area contributed by atoms with Crippen molar-refractivity contribution >= 4 is 23.0 Å². The van der Waals surface area contributed by atoms with Gasteiger partial charge in [-0.2, -0.15) is 0 Å². The normalized spacial score (nSPS) is 11.2. The van der Waals surface area contributed by atoms with Crippen molar-refractivity contribution in [1.29, 1.82) is 0 Å². The molecule has 0 unspecified atom stereocenters. The minimum absolute atomic E-state index is 0.126. The molecule has 1 N–H and O–H groups in total. The van der Waals surface area contributed by atoms with Crippen molar-refractivity contribution in [3.05, 3.63) is 71.6 Å². The number of imidazole rings is 1. The number of aryl methyl sites for hydroxylation is 2. The number of benzene rings is 2. The van der Waals surface area contributed by atoms with Crippen molar-refractivity contribution in [2.45, 2.75) is 13.5 Å². The summed E-state index contributed by atoms with van der Waals surface area (Å²) in [7, 11) is 1.96. The first kappa shape index (κ1) is 15.0. The van der Waals surface area contributed by atoms with Gasteiger partial charge < -0.3 is 9.88 Å². The van der Waals surface area contributed by atoms with Gasteiger partial charge in [0.15, 0.2) is 0 Å². The van der Waals surface area contributed by atoms with E-state index in [9.17, 15) is 4.79 Å². The average molecular weight is 305 g/mol. The summed E-state index contributed by atoms with van der Waals surface area (Å²) in [4.78, 5) is 16.5. The third-order valence-corrected chi connectivity index (χ3v) is 3.77. The molecule has 3 rings (SSSR count).